The Hall–Kier alpha value is -1.14. The molecule has 2 aromatic rings. The molecule has 0 bridgehead atoms. The zero-order valence-corrected chi connectivity index (χ0v) is 11.8. The van der Waals surface area contributed by atoms with Crippen molar-refractivity contribution in [3.8, 4) is 0 Å². The van der Waals surface area contributed by atoms with Crippen LogP contribution in [0.1, 0.15) is 25.3 Å². The summed E-state index contributed by atoms with van der Waals surface area (Å²) in [6, 6.07) is 4.32. The molecule has 90 valence electrons. The SMILES string of the molecule is C=P(C)(C)c1c(C(C)C)ccc2cncnc12. The molecule has 0 spiro atoms. The Kier molecular flexibility index (Phi) is 3.09. The summed E-state index contributed by atoms with van der Waals surface area (Å²) in [5, 5.41) is 2.47. The quantitative estimate of drug-likeness (QED) is 0.761. The number of fused-ring (bicyclic) bond motifs is 1. The number of hydrogen-bond acceptors (Lipinski definition) is 2. The van der Waals surface area contributed by atoms with E-state index in [1.807, 2.05) is 6.20 Å². The fourth-order valence-corrected chi connectivity index (χ4v) is 3.95. The normalized spacial score (nSPS) is 12.3. The molecule has 0 aliphatic rings. The molecule has 0 amide bonds. The first kappa shape index (κ1) is 12.3. The molecule has 1 heterocycles. The van der Waals surface area contributed by atoms with Crippen LogP contribution in [0.5, 0.6) is 0 Å². The summed E-state index contributed by atoms with van der Waals surface area (Å²) in [6.07, 6.45) is 7.90. The van der Waals surface area contributed by atoms with Crippen LogP contribution < -0.4 is 5.30 Å². The smallest absolute Gasteiger partial charge is 0.116 e. The third-order valence-electron chi connectivity index (χ3n) is 2.91. The zero-order chi connectivity index (χ0) is 12.6. The van der Waals surface area contributed by atoms with Crippen LogP contribution in [-0.2, 0) is 0 Å². The maximum absolute atomic E-state index is 4.47. The first-order valence-corrected chi connectivity index (χ1v) is 8.69. The number of benzene rings is 1. The first-order chi connectivity index (χ1) is 7.91. The number of aromatic nitrogens is 2. The molecule has 0 radical (unpaired) electrons. The second kappa shape index (κ2) is 4.27. The van der Waals surface area contributed by atoms with Crippen molar-refractivity contribution in [3.63, 3.8) is 0 Å². The summed E-state index contributed by atoms with van der Waals surface area (Å²) in [6.45, 7) is 7.59. The molecule has 0 aliphatic heterocycles. The summed E-state index contributed by atoms with van der Waals surface area (Å²) in [5.41, 5.74) is 2.46. The molecular formula is C14H19N2P. The molecule has 0 saturated heterocycles. The van der Waals surface area contributed by atoms with Crippen molar-refractivity contribution < 1.29 is 0 Å². The van der Waals surface area contributed by atoms with E-state index in [4.69, 9.17) is 0 Å². The Morgan fingerprint density at radius 3 is 2.53 bits per heavy atom. The van der Waals surface area contributed by atoms with Crippen LogP contribution in [0, 0.1) is 0 Å². The van der Waals surface area contributed by atoms with Crippen LogP contribution in [0.2, 0.25) is 0 Å². The summed E-state index contributed by atoms with van der Waals surface area (Å²) in [4.78, 5) is 8.56. The van der Waals surface area contributed by atoms with Gasteiger partial charge in [0.1, 0.15) is 6.33 Å². The minimum atomic E-state index is -1.35. The predicted octanol–water partition coefficient (Wildman–Crippen LogP) is 3.09. The molecule has 17 heavy (non-hydrogen) atoms. The van der Waals surface area contributed by atoms with Gasteiger partial charge < -0.3 is 0 Å². The molecular weight excluding hydrogens is 227 g/mol. The van der Waals surface area contributed by atoms with E-state index < -0.39 is 6.89 Å². The van der Waals surface area contributed by atoms with E-state index in [0.29, 0.717) is 5.92 Å². The average Bonchev–Trinajstić information content (AvgIpc) is 2.26. The van der Waals surface area contributed by atoms with Crippen molar-refractivity contribution in [2.75, 3.05) is 13.3 Å². The van der Waals surface area contributed by atoms with Crippen molar-refractivity contribution in [2.45, 2.75) is 19.8 Å². The van der Waals surface area contributed by atoms with Gasteiger partial charge in [0.2, 0.25) is 0 Å². The highest BCUT2D eigenvalue weighted by molar-refractivity contribution is 7.79. The van der Waals surface area contributed by atoms with E-state index in [0.717, 1.165) is 10.9 Å². The van der Waals surface area contributed by atoms with Gasteiger partial charge in [-0.05, 0) is 24.8 Å². The standard InChI is InChI=1S/C14H19N2P/c1-10(2)12-7-6-11-8-15-9-16-13(11)14(12)17(3,4)5/h6-10H,3H2,1-2,4-5H3. The number of rotatable bonds is 2. The average molecular weight is 246 g/mol. The van der Waals surface area contributed by atoms with Gasteiger partial charge in [-0.2, -0.15) is 0 Å². The van der Waals surface area contributed by atoms with Crippen molar-refractivity contribution in [2.24, 2.45) is 0 Å². The second-order valence-electron chi connectivity index (χ2n) is 5.30. The van der Waals surface area contributed by atoms with Crippen LogP contribution in [0.4, 0.5) is 0 Å². The highest BCUT2D eigenvalue weighted by Crippen LogP contribution is 2.39. The molecule has 0 unspecified atom stereocenters. The van der Waals surface area contributed by atoms with Gasteiger partial charge in [0.25, 0.3) is 0 Å². The predicted molar refractivity (Wildman–Crippen MR) is 79.2 cm³/mol. The Morgan fingerprint density at radius 1 is 1.24 bits per heavy atom. The largest absolute Gasteiger partial charge is 0.244 e. The summed E-state index contributed by atoms with van der Waals surface area (Å²) in [5.74, 6) is 0.505. The van der Waals surface area contributed by atoms with Gasteiger partial charge in [0.05, 0.1) is 5.52 Å². The topological polar surface area (TPSA) is 25.8 Å². The number of hydrogen-bond donors (Lipinski definition) is 0. The fourth-order valence-electron chi connectivity index (χ4n) is 2.16. The lowest BCUT2D eigenvalue weighted by Crippen LogP contribution is -2.14. The van der Waals surface area contributed by atoms with Crippen LogP contribution in [0.3, 0.4) is 0 Å². The molecule has 0 aliphatic carbocycles. The van der Waals surface area contributed by atoms with Crippen molar-refractivity contribution >= 4 is 29.4 Å². The Bertz CT molecular complexity index is 596. The number of nitrogens with zero attached hydrogens (tertiary/aromatic N) is 2. The highest BCUT2D eigenvalue weighted by Gasteiger charge is 2.17. The summed E-state index contributed by atoms with van der Waals surface area (Å²) in [7, 11) is 0. The van der Waals surface area contributed by atoms with E-state index in [1.54, 1.807) is 6.33 Å². The van der Waals surface area contributed by atoms with E-state index in [2.05, 4.69) is 55.6 Å². The fraction of sp³-hybridized carbons (Fsp3) is 0.357. The Morgan fingerprint density at radius 2 is 1.94 bits per heavy atom. The maximum atomic E-state index is 4.47. The molecule has 0 saturated carbocycles. The molecule has 2 nitrogen and oxygen atoms in total. The van der Waals surface area contributed by atoms with Gasteiger partial charge >= 0.3 is 0 Å². The van der Waals surface area contributed by atoms with Gasteiger partial charge in [-0.25, -0.2) is 9.97 Å². The minimum absolute atomic E-state index is 0.505. The van der Waals surface area contributed by atoms with Crippen LogP contribution >= 0.6 is 6.89 Å². The van der Waals surface area contributed by atoms with Gasteiger partial charge in [-0.3, -0.25) is 0 Å². The molecule has 0 N–H and O–H groups in total. The highest BCUT2D eigenvalue weighted by atomic mass is 31.2. The van der Waals surface area contributed by atoms with E-state index >= 15 is 0 Å². The lowest BCUT2D eigenvalue weighted by atomic mass is 10.0. The lowest BCUT2D eigenvalue weighted by molar-refractivity contribution is 0.874. The Balaban J connectivity index is 2.90. The van der Waals surface area contributed by atoms with E-state index in [1.165, 1.54) is 10.9 Å². The van der Waals surface area contributed by atoms with Crippen LogP contribution in [0.15, 0.2) is 24.7 Å². The van der Waals surface area contributed by atoms with Crippen molar-refractivity contribution in [3.05, 3.63) is 30.2 Å². The van der Waals surface area contributed by atoms with Gasteiger partial charge in [0, 0.05) is 16.9 Å². The van der Waals surface area contributed by atoms with Gasteiger partial charge in [0.15, 0.2) is 0 Å². The summed E-state index contributed by atoms with van der Waals surface area (Å²) >= 11 is 0. The van der Waals surface area contributed by atoms with Crippen molar-refractivity contribution in [1.82, 2.24) is 9.97 Å². The van der Waals surface area contributed by atoms with Crippen LogP contribution in [-0.4, -0.2) is 29.6 Å². The molecule has 1 aromatic carbocycles. The second-order valence-corrected chi connectivity index (χ2v) is 9.12. The lowest BCUT2D eigenvalue weighted by Gasteiger charge is -2.22. The first-order valence-electron chi connectivity index (χ1n) is 5.83. The van der Waals surface area contributed by atoms with Gasteiger partial charge in [-0.1, -0.05) is 39.2 Å². The maximum Gasteiger partial charge on any atom is 0.116 e. The van der Waals surface area contributed by atoms with Gasteiger partial charge in [-0.15, -0.1) is 0 Å². The molecule has 1 aromatic heterocycles. The third-order valence-corrected chi connectivity index (χ3v) is 4.59. The van der Waals surface area contributed by atoms with E-state index in [9.17, 15) is 0 Å². The summed E-state index contributed by atoms with van der Waals surface area (Å²) < 4.78 is 0. The Labute approximate surface area is 103 Å². The molecule has 2 rings (SSSR count). The molecule has 0 fully saturated rings. The van der Waals surface area contributed by atoms with E-state index in [-0.39, 0.29) is 0 Å². The third kappa shape index (κ3) is 2.28. The van der Waals surface area contributed by atoms with Crippen LogP contribution in [0.25, 0.3) is 10.9 Å². The monoisotopic (exact) mass is 246 g/mol. The molecule has 3 heteroatoms. The minimum Gasteiger partial charge on any atom is -0.244 e. The van der Waals surface area contributed by atoms with Crippen molar-refractivity contribution in [1.29, 1.82) is 0 Å². The zero-order valence-electron chi connectivity index (χ0n) is 10.9. The molecule has 0 atom stereocenters.